The Kier molecular flexibility index (Phi) is 8.88. The van der Waals surface area contributed by atoms with Gasteiger partial charge < -0.3 is 25.2 Å². The quantitative estimate of drug-likeness (QED) is 0.374. The maximum absolute atomic E-state index is 14.2. The Hall–Kier alpha value is -3.36. The Morgan fingerprint density at radius 3 is 2.11 bits per heavy atom. The Balaban J connectivity index is 1.48. The number of carbonyl (C=O) groups excluding carboxylic acids is 2. The molecular formula is C31H37F6N5O3. The summed E-state index contributed by atoms with van der Waals surface area (Å²) in [7, 11) is 1.26. The first-order chi connectivity index (χ1) is 21.0. The minimum atomic E-state index is -5.08. The molecule has 14 heteroatoms. The van der Waals surface area contributed by atoms with E-state index in [-0.39, 0.29) is 37.0 Å². The highest BCUT2D eigenvalue weighted by atomic mass is 19.4. The lowest BCUT2D eigenvalue weighted by molar-refractivity contribution is -0.143. The highest BCUT2D eigenvalue weighted by Crippen LogP contribution is 2.43. The SMILES string of the molecule is Cc1ccccc1C1C2CC(CN3CCOCC3)C(=O)N2CCN1C(=O)N(C)[C@@](C)(N)c1cc(C(F)(F)F)cc(C(F)(F)F)c1. The number of halogens is 6. The van der Waals surface area contributed by atoms with E-state index < -0.39 is 46.8 Å². The van der Waals surface area contributed by atoms with E-state index in [1.807, 2.05) is 31.2 Å². The van der Waals surface area contributed by atoms with Gasteiger partial charge in [-0.1, -0.05) is 24.3 Å². The van der Waals surface area contributed by atoms with Crippen molar-refractivity contribution < 1.29 is 40.7 Å². The highest BCUT2D eigenvalue weighted by Gasteiger charge is 2.51. The molecule has 3 unspecified atom stereocenters. The second-order valence-electron chi connectivity index (χ2n) is 12.2. The van der Waals surface area contributed by atoms with Crippen LogP contribution in [0.1, 0.15) is 47.2 Å². The monoisotopic (exact) mass is 641 g/mol. The summed E-state index contributed by atoms with van der Waals surface area (Å²) < 4.78 is 87.3. The Bertz CT molecular complexity index is 1390. The number of hydrogen-bond donors (Lipinski definition) is 1. The van der Waals surface area contributed by atoms with Gasteiger partial charge in [-0.25, -0.2) is 4.79 Å². The van der Waals surface area contributed by atoms with Crippen LogP contribution < -0.4 is 5.73 Å². The average molecular weight is 642 g/mol. The minimum Gasteiger partial charge on any atom is -0.379 e. The van der Waals surface area contributed by atoms with E-state index in [4.69, 9.17) is 10.5 Å². The van der Waals surface area contributed by atoms with E-state index in [2.05, 4.69) is 4.90 Å². The van der Waals surface area contributed by atoms with Crippen molar-refractivity contribution in [3.8, 4) is 0 Å². The molecule has 3 aliphatic heterocycles. The fraction of sp³-hybridized carbons (Fsp3) is 0.548. The fourth-order valence-corrected chi connectivity index (χ4v) is 6.64. The number of ether oxygens (including phenoxy) is 1. The van der Waals surface area contributed by atoms with Crippen LogP contribution in [0.2, 0.25) is 0 Å². The summed E-state index contributed by atoms with van der Waals surface area (Å²) in [5.74, 6) is -0.295. The number of nitrogens with two attached hydrogens (primary N) is 1. The normalized spacial score (nSPS) is 24.4. The van der Waals surface area contributed by atoms with Crippen molar-refractivity contribution in [2.75, 3.05) is 53.0 Å². The predicted molar refractivity (Wildman–Crippen MR) is 153 cm³/mol. The van der Waals surface area contributed by atoms with Gasteiger partial charge in [0.1, 0.15) is 5.66 Å². The fourth-order valence-electron chi connectivity index (χ4n) is 6.64. The summed E-state index contributed by atoms with van der Waals surface area (Å²) >= 11 is 0. The number of urea groups is 1. The van der Waals surface area contributed by atoms with E-state index in [0.717, 1.165) is 16.0 Å². The Morgan fingerprint density at radius 1 is 0.956 bits per heavy atom. The molecule has 8 nitrogen and oxygen atoms in total. The second-order valence-corrected chi connectivity index (χ2v) is 12.2. The van der Waals surface area contributed by atoms with Gasteiger partial charge in [-0.15, -0.1) is 0 Å². The molecule has 0 saturated carbocycles. The standard InChI is InChI=1S/C31H37F6N5O3/c1-19-6-4-5-7-24(19)26-25-14-20(18-40-10-12-45-13-11-40)27(43)41(25)8-9-42(26)28(44)39(3)29(2,38)21-15-22(30(32,33)34)17-23(16-21)31(35,36)37/h4-7,15-17,20,25-26H,8-14,18,38H2,1-3H3/t20?,25?,26?,29-/m1/s1. The molecule has 3 fully saturated rings. The van der Waals surface area contributed by atoms with Crippen LogP contribution >= 0.6 is 0 Å². The number of amides is 3. The summed E-state index contributed by atoms with van der Waals surface area (Å²) in [6.45, 7) is 6.58. The average Bonchev–Trinajstić information content (AvgIpc) is 3.30. The van der Waals surface area contributed by atoms with Crippen molar-refractivity contribution >= 4 is 11.9 Å². The molecule has 3 heterocycles. The Morgan fingerprint density at radius 2 is 1.53 bits per heavy atom. The van der Waals surface area contributed by atoms with Gasteiger partial charge in [0.15, 0.2) is 0 Å². The first-order valence-corrected chi connectivity index (χ1v) is 14.8. The molecule has 0 spiro atoms. The van der Waals surface area contributed by atoms with E-state index >= 15 is 0 Å². The highest BCUT2D eigenvalue weighted by molar-refractivity contribution is 5.83. The molecule has 3 amide bonds. The molecule has 0 radical (unpaired) electrons. The molecular weight excluding hydrogens is 604 g/mol. The molecule has 2 N–H and O–H groups in total. The molecule has 0 bridgehead atoms. The molecule has 0 aliphatic carbocycles. The van der Waals surface area contributed by atoms with Gasteiger partial charge in [-0.3, -0.25) is 9.69 Å². The zero-order valence-corrected chi connectivity index (χ0v) is 25.3. The third-order valence-corrected chi connectivity index (χ3v) is 9.33. The number of nitrogens with zero attached hydrogens (tertiary/aromatic N) is 4. The first-order valence-electron chi connectivity index (χ1n) is 14.8. The van der Waals surface area contributed by atoms with E-state index in [1.54, 1.807) is 4.90 Å². The van der Waals surface area contributed by atoms with Crippen LogP contribution in [0.25, 0.3) is 0 Å². The van der Waals surface area contributed by atoms with E-state index in [0.29, 0.717) is 51.4 Å². The van der Waals surface area contributed by atoms with Crippen LogP contribution in [0.5, 0.6) is 0 Å². The van der Waals surface area contributed by atoms with E-state index in [1.165, 1.54) is 18.9 Å². The van der Waals surface area contributed by atoms with Crippen LogP contribution in [-0.4, -0.2) is 90.6 Å². The molecule has 0 aromatic heterocycles. The predicted octanol–water partition coefficient (Wildman–Crippen LogP) is 4.82. The van der Waals surface area contributed by atoms with Gasteiger partial charge >= 0.3 is 18.4 Å². The van der Waals surface area contributed by atoms with Crippen LogP contribution in [0.3, 0.4) is 0 Å². The van der Waals surface area contributed by atoms with Crippen molar-refractivity contribution in [2.24, 2.45) is 11.7 Å². The number of aryl methyl sites for hydroxylation is 1. The van der Waals surface area contributed by atoms with Crippen LogP contribution in [0.15, 0.2) is 42.5 Å². The Labute approximate surface area is 257 Å². The zero-order chi connectivity index (χ0) is 32.9. The summed E-state index contributed by atoms with van der Waals surface area (Å²) in [6.07, 6.45) is -9.67. The molecule has 45 heavy (non-hydrogen) atoms. The molecule has 3 saturated heterocycles. The largest absolute Gasteiger partial charge is 0.416 e. The summed E-state index contributed by atoms with van der Waals surface area (Å²) in [5, 5.41) is 0. The van der Waals surface area contributed by atoms with Gasteiger partial charge in [0.25, 0.3) is 0 Å². The van der Waals surface area contributed by atoms with Gasteiger partial charge in [0.2, 0.25) is 5.91 Å². The third-order valence-electron chi connectivity index (χ3n) is 9.33. The lowest BCUT2D eigenvalue weighted by atomic mass is 9.89. The second kappa shape index (κ2) is 12.1. The zero-order valence-electron chi connectivity index (χ0n) is 25.3. The summed E-state index contributed by atoms with van der Waals surface area (Å²) in [5.41, 5.74) is 2.49. The van der Waals surface area contributed by atoms with Crippen molar-refractivity contribution in [2.45, 2.75) is 50.4 Å². The topological polar surface area (TPSA) is 82.4 Å². The maximum Gasteiger partial charge on any atom is 0.416 e. The van der Waals surface area contributed by atoms with E-state index in [9.17, 15) is 35.9 Å². The number of carbonyl (C=O) groups is 2. The van der Waals surface area contributed by atoms with Crippen molar-refractivity contribution in [3.63, 3.8) is 0 Å². The van der Waals surface area contributed by atoms with Crippen molar-refractivity contribution in [3.05, 3.63) is 70.3 Å². The number of morpholine rings is 1. The maximum atomic E-state index is 14.2. The molecule has 2 aromatic carbocycles. The van der Waals surface area contributed by atoms with Crippen LogP contribution in [0, 0.1) is 12.8 Å². The number of piperazine rings is 1. The third kappa shape index (κ3) is 6.50. The summed E-state index contributed by atoms with van der Waals surface area (Å²) in [6, 6.07) is 6.86. The number of rotatable bonds is 5. The van der Waals surface area contributed by atoms with Gasteiger partial charge in [0.05, 0.1) is 42.3 Å². The smallest absolute Gasteiger partial charge is 0.379 e. The lowest BCUT2D eigenvalue weighted by Gasteiger charge is -2.48. The molecule has 246 valence electrons. The molecule has 5 rings (SSSR count). The number of benzene rings is 2. The van der Waals surface area contributed by atoms with Crippen molar-refractivity contribution in [1.82, 2.24) is 19.6 Å². The lowest BCUT2D eigenvalue weighted by Crippen LogP contribution is -2.61. The molecule has 2 aromatic rings. The number of alkyl halides is 6. The number of fused-ring (bicyclic) bond motifs is 1. The number of hydrogen-bond acceptors (Lipinski definition) is 5. The van der Waals surface area contributed by atoms with Crippen LogP contribution in [0.4, 0.5) is 31.1 Å². The van der Waals surface area contributed by atoms with Gasteiger partial charge in [0, 0.05) is 39.8 Å². The molecule has 3 aliphatic rings. The van der Waals surface area contributed by atoms with Crippen LogP contribution in [-0.2, 0) is 27.5 Å². The minimum absolute atomic E-state index is 0.00200. The first kappa shape index (κ1) is 33.0. The van der Waals surface area contributed by atoms with Crippen molar-refractivity contribution in [1.29, 1.82) is 0 Å². The molecule has 4 atom stereocenters. The van der Waals surface area contributed by atoms with Gasteiger partial charge in [-0.2, -0.15) is 26.3 Å². The van der Waals surface area contributed by atoms with Gasteiger partial charge in [-0.05, 0) is 55.2 Å². The summed E-state index contributed by atoms with van der Waals surface area (Å²) in [4.78, 5) is 34.4.